The number of benzene rings is 1. The number of rotatable bonds is 3. The van der Waals surface area contributed by atoms with Crippen molar-refractivity contribution in [2.45, 2.75) is 18.2 Å². The number of H-pyrrole nitrogens is 2. The molecule has 0 aliphatic carbocycles. The molecule has 0 radical (unpaired) electrons. The minimum Gasteiger partial charge on any atom is -0.302 e. The molecule has 18 heavy (non-hydrogen) atoms. The molecule has 2 rings (SSSR count). The van der Waals surface area contributed by atoms with Gasteiger partial charge in [0.25, 0.3) is 5.56 Å². The fourth-order valence-electron chi connectivity index (χ4n) is 1.74. The molecule has 0 unspecified atom stereocenters. The van der Waals surface area contributed by atoms with E-state index < -0.39 is 9.84 Å². The maximum atomic E-state index is 11.5. The van der Waals surface area contributed by atoms with E-state index in [0.29, 0.717) is 12.0 Å². The Morgan fingerprint density at radius 1 is 1.11 bits per heavy atom. The first-order valence-electron chi connectivity index (χ1n) is 5.43. The third-order valence-electron chi connectivity index (χ3n) is 2.82. The van der Waals surface area contributed by atoms with E-state index in [9.17, 15) is 13.2 Å². The largest absolute Gasteiger partial charge is 0.302 e. The van der Waals surface area contributed by atoms with Crippen LogP contribution in [0.3, 0.4) is 0 Å². The Hall–Kier alpha value is -1.82. The van der Waals surface area contributed by atoms with Gasteiger partial charge in [0, 0.05) is 23.9 Å². The highest BCUT2D eigenvalue weighted by molar-refractivity contribution is 7.90. The minimum absolute atomic E-state index is 0.139. The van der Waals surface area contributed by atoms with Crippen molar-refractivity contribution in [3.05, 3.63) is 51.4 Å². The van der Waals surface area contributed by atoms with E-state index >= 15 is 0 Å². The highest BCUT2D eigenvalue weighted by atomic mass is 32.2. The zero-order chi connectivity index (χ0) is 13.3. The minimum atomic E-state index is -3.17. The van der Waals surface area contributed by atoms with Crippen molar-refractivity contribution in [1.29, 1.82) is 0 Å². The fraction of sp³-hybridized carbons (Fsp3) is 0.250. The van der Waals surface area contributed by atoms with Crippen LogP contribution in [-0.2, 0) is 16.3 Å². The molecular formula is C12H14N2O3S. The Labute approximate surface area is 105 Å². The van der Waals surface area contributed by atoms with Crippen molar-refractivity contribution < 1.29 is 8.42 Å². The number of hydrogen-bond acceptors (Lipinski definition) is 3. The van der Waals surface area contributed by atoms with Crippen LogP contribution in [0.4, 0.5) is 0 Å². The van der Waals surface area contributed by atoms with Crippen LogP contribution in [0.15, 0.2) is 34.0 Å². The van der Waals surface area contributed by atoms with Crippen molar-refractivity contribution >= 4 is 9.84 Å². The molecule has 2 aromatic rings. The Balaban J connectivity index is 2.30. The highest BCUT2D eigenvalue weighted by Gasteiger charge is 2.09. The van der Waals surface area contributed by atoms with Crippen LogP contribution in [0.25, 0.3) is 0 Å². The maximum absolute atomic E-state index is 11.5. The molecule has 1 aromatic heterocycles. The van der Waals surface area contributed by atoms with E-state index in [-0.39, 0.29) is 10.5 Å². The molecule has 0 atom stereocenters. The van der Waals surface area contributed by atoms with E-state index in [1.165, 1.54) is 6.26 Å². The fourth-order valence-corrected chi connectivity index (χ4v) is 2.37. The number of aromatic nitrogens is 2. The second kappa shape index (κ2) is 4.45. The molecule has 0 saturated carbocycles. The summed E-state index contributed by atoms with van der Waals surface area (Å²) in [5.74, 6) is 0. The topological polar surface area (TPSA) is 82.8 Å². The van der Waals surface area contributed by atoms with Gasteiger partial charge < -0.3 is 5.10 Å². The lowest BCUT2D eigenvalue weighted by Crippen LogP contribution is -2.07. The predicted molar refractivity (Wildman–Crippen MR) is 68.5 cm³/mol. The van der Waals surface area contributed by atoms with Gasteiger partial charge in [-0.3, -0.25) is 9.89 Å². The van der Waals surface area contributed by atoms with Gasteiger partial charge >= 0.3 is 0 Å². The molecular weight excluding hydrogens is 252 g/mol. The Kier molecular flexibility index (Phi) is 3.13. The van der Waals surface area contributed by atoms with E-state index in [1.807, 2.05) is 6.92 Å². The first-order valence-corrected chi connectivity index (χ1v) is 7.32. The lowest BCUT2D eigenvalue weighted by atomic mass is 10.1. The Morgan fingerprint density at radius 3 is 2.17 bits per heavy atom. The Bertz CT molecular complexity index is 709. The second-order valence-electron chi connectivity index (χ2n) is 4.28. The summed E-state index contributed by atoms with van der Waals surface area (Å²) in [6.45, 7) is 1.82. The highest BCUT2D eigenvalue weighted by Crippen LogP contribution is 2.13. The number of nitrogens with one attached hydrogen (secondary N) is 2. The number of aryl methyl sites for hydroxylation is 1. The standard InChI is InChI=1S/C12H14N2O3S/c1-8-11(12(15)14-13-8)7-9-3-5-10(6-4-9)18(2,16)17/h3-6H,7H2,1-2H3,(H2,13,14,15). The van der Waals surface area contributed by atoms with Crippen LogP contribution >= 0.6 is 0 Å². The van der Waals surface area contributed by atoms with Gasteiger partial charge in [-0.05, 0) is 24.6 Å². The molecule has 5 nitrogen and oxygen atoms in total. The summed E-state index contributed by atoms with van der Waals surface area (Å²) in [7, 11) is -3.17. The van der Waals surface area contributed by atoms with Crippen molar-refractivity contribution in [1.82, 2.24) is 10.2 Å². The van der Waals surface area contributed by atoms with Gasteiger partial charge in [-0.15, -0.1) is 0 Å². The smallest absolute Gasteiger partial charge is 0.267 e. The van der Waals surface area contributed by atoms with E-state index in [2.05, 4.69) is 10.2 Å². The summed E-state index contributed by atoms with van der Waals surface area (Å²) < 4.78 is 22.6. The quantitative estimate of drug-likeness (QED) is 0.869. The van der Waals surface area contributed by atoms with Crippen LogP contribution in [0, 0.1) is 6.92 Å². The van der Waals surface area contributed by atoms with Gasteiger partial charge in [0.2, 0.25) is 0 Å². The molecule has 0 bridgehead atoms. The van der Waals surface area contributed by atoms with Gasteiger partial charge in [-0.25, -0.2) is 8.42 Å². The predicted octanol–water partition coefficient (Wildman–Crippen LogP) is 1.01. The first-order chi connectivity index (χ1) is 8.38. The van der Waals surface area contributed by atoms with Crippen molar-refractivity contribution in [2.24, 2.45) is 0 Å². The summed E-state index contributed by atoms with van der Waals surface area (Å²) in [5, 5.41) is 5.28. The van der Waals surface area contributed by atoms with Crippen molar-refractivity contribution in [3.63, 3.8) is 0 Å². The van der Waals surface area contributed by atoms with Gasteiger partial charge in [0.1, 0.15) is 0 Å². The van der Waals surface area contributed by atoms with Crippen LogP contribution in [0.5, 0.6) is 0 Å². The van der Waals surface area contributed by atoms with E-state index in [0.717, 1.165) is 11.3 Å². The molecule has 1 heterocycles. The molecule has 6 heteroatoms. The lowest BCUT2D eigenvalue weighted by Gasteiger charge is -2.02. The molecule has 96 valence electrons. The first kappa shape index (κ1) is 12.6. The average Bonchev–Trinajstić information content (AvgIpc) is 2.60. The van der Waals surface area contributed by atoms with Crippen molar-refractivity contribution in [3.8, 4) is 0 Å². The SMILES string of the molecule is Cc1[nH][nH]c(=O)c1Cc1ccc(S(C)(=O)=O)cc1. The summed E-state index contributed by atoms with van der Waals surface area (Å²) in [6.07, 6.45) is 1.65. The van der Waals surface area contributed by atoms with Crippen LogP contribution in [0.1, 0.15) is 16.8 Å². The molecule has 0 aliphatic rings. The lowest BCUT2D eigenvalue weighted by molar-refractivity contribution is 0.602. The zero-order valence-corrected chi connectivity index (χ0v) is 11.0. The third-order valence-corrected chi connectivity index (χ3v) is 3.95. The van der Waals surface area contributed by atoms with Gasteiger partial charge in [-0.1, -0.05) is 12.1 Å². The molecule has 1 aromatic carbocycles. The zero-order valence-electron chi connectivity index (χ0n) is 10.1. The normalized spacial score (nSPS) is 11.7. The second-order valence-corrected chi connectivity index (χ2v) is 6.29. The Morgan fingerprint density at radius 2 is 1.72 bits per heavy atom. The van der Waals surface area contributed by atoms with Gasteiger partial charge in [0.05, 0.1) is 4.90 Å². The average molecular weight is 266 g/mol. The molecule has 0 amide bonds. The van der Waals surface area contributed by atoms with E-state index in [1.54, 1.807) is 24.3 Å². The van der Waals surface area contributed by atoms with Crippen LogP contribution < -0.4 is 5.56 Å². The maximum Gasteiger partial charge on any atom is 0.267 e. The monoisotopic (exact) mass is 266 g/mol. The molecule has 2 N–H and O–H groups in total. The third kappa shape index (κ3) is 2.53. The summed E-state index contributed by atoms with van der Waals surface area (Å²) in [6, 6.07) is 6.56. The summed E-state index contributed by atoms with van der Waals surface area (Å²) >= 11 is 0. The molecule has 0 saturated heterocycles. The molecule has 0 spiro atoms. The number of hydrogen-bond donors (Lipinski definition) is 2. The summed E-state index contributed by atoms with van der Waals surface area (Å²) in [4.78, 5) is 11.8. The number of sulfone groups is 1. The van der Waals surface area contributed by atoms with E-state index in [4.69, 9.17) is 0 Å². The molecule has 0 aliphatic heterocycles. The van der Waals surface area contributed by atoms with Crippen molar-refractivity contribution in [2.75, 3.05) is 6.26 Å². The van der Waals surface area contributed by atoms with Crippen LogP contribution in [0.2, 0.25) is 0 Å². The van der Waals surface area contributed by atoms with Crippen LogP contribution in [-0.4, -0.2) is 24.9 Å². The summed E-state index contributed by atoms with van der Waals surface area (Å²) in [5.41, 5.74) is 2.23. The van der Waals surface area contributed by atoms with Gasteiger partial charge in [0.15, 0.2) is 9.84 Å². The number of aromatic amines is 2. The van der Waals surface area contributed by atoms with Gasteiger partial charge in [-0.2, -0.15) is 0 Å². The molecule has 0 fully saturated rings.